The van der Waals surface area contributed by atoms with Crippen molar-refractivity contribution in [2.75, 3.05) is 10.6 Å². The molecule has 4 nitrogen and oxygen atoms in total. The first-order valence-electron chi connectivity index (χ1n) is 11.8. The van der Waals surface area contributed by atoms with Gasteiger partial charge in [0.1, 0.15) is 0 Å². The zero-order chi connectivity index (χ0) is 21.7. The van der Waals surface area contributed by atoms with Gasteiger partial charge in [0.15, 0.2) is 0 Å². The molecule has 32 heavy (non-hydrogen) atoms. The lowest BCUT2D eigenvalue weighted by molar-refractivity contribution is -0.121. The number of rotatable bonds is 5. The largest absolute Gasteiger partial charge is 0.326 e. The molecule has 6 unspecified atom stereocenters. The van der Waals surface area contributed by atoms with E-state index in [1.54, 1.807) is 0 Å². The Hall–Kier alpha value is -3.14. The van der Waals surface area contributed by atoms with E-state index in [1.165, 1.54) is 0 Å². The summed E-state index contributed by atoms with van der Waals surface area (Å²) in [5, 5.41) is 6.18. The summed E-state index contributed by atoms with van der Waals surface area (Å²) in [4.78, 5) is 25.3. The average molecular weight is 425 g/mol. The molecule has 4 bridgehead atoms. The Kier molecular flexibility index (Phi) is 4.74. The van der Waals surface area contributed by atoms with E-state index in [4.69, 9.17) is 0 Å². The van der Waals surface area contributed by atoms with Crippen molar-refractivity contribution in [2.24, 2.45) is 35.5 Å². The fraction of sp³-hybridized carbons (Fsp3) is 0.357. The van der Waals surface area contributed by atoms with Crippen LogP contribution < -0.4 is 10.6 Å². The molecular weight excluding hydrogens is 396 g/mol. The van der Waals surface area contributed by atoms with Crippen molar-refractivity contribution in [3.05, 3.63) is 72.8 Å². The van der Waals surface area contributed by atoms with Crippen molar-refractivity contribution >= 4 is 23.2 Å². The van der Waals surface area contributed by atoms with E-state index in [1.807, 2.05) is 48.5 Å². The van der Waals surface area contributed by atoms with Crippen LogP contribution in [-0.2, 0) is 9.59 Å². The molecular formula is C28H28N2O2. The highest BCUT2D eigenvalue weighted by molar-refractivity contribution is 5.94. The fourth-order valence-corrected chi connectivity index (χ4v) is 6.13. The van der Waals surface area contributed by atoms with Crippen LogP contribution in [0.15, 0.2) is 72.8 Å². The zero-order valence-electron chi connectivity index (χ0n) is 18.0. The molecule has 2 fully saturated rings. The van der Waals surface area contributed by atoms with Gasteiger partial charge >= 0.3 is 0 Å². The molecule has 2 N–H and O–H groups in total. The van der Waals surface area contributed by atoms with E-state index < -0.39 is 0 Å². The van der Waals surface area contributed by atoms with Crippen LogP contribution in [0.3, 0.4) is 0 Å². The van der Waals surface area contributed by atoms with Gasteiger partial charge in [0, 0.05) is 23.2 Å². The van der Waals surface area contributed by atoms with Crippen LogP contribution in [0.25, 0.3) is 11.1 Å². The number of allylic oxidation sites excluding steroid dienone is 4. The normalized spacial score (nSPS) is 31.2. The van der Waals surface area contributed by atoms with Gasteiger partial charge in [-0.1, -0.05) is 48.6 Å². The standard InChI is InChI=1S/C28H28N2O2/c31-27(25-15-17-1-3-21(25)13-17)29-23-9-5-19(6-10-23)20-7-11-24(12-8-20)30-28(32)26-16-18-2-4-22(26)14-18/h1-12,17-18,21-22,25-26H,13-16H2,(H,29,31)(H,30,32). The van der Waals surface area contributed by atoms with Gasteiger partial charge in [0.25, 0.3) is 0 Å². The molecule has 6 rings (SSSR count). The highest BCUT2D eigenvalue weighted by atomic mass is 16.2. The SMILES string of the molecule is O=C(Nc1ccc(-c2ccc(NC(=O)C3CC4C=CC3C4)cc2)cc1)C1CC2C=CC1C2. The average Bonchev–Trinajstić information content (AvgIpc) is 3.62. The van der Waals surface area contributed by atoms with E-state index in [0.717, 1.165) is 48.2 Å². The second-order valence-corrected chi connectivity index (χ2v) is 9.91. The molecule has 2 amide bonds. The van der Waals surface area contributed by atoms with Crippen molar-refractivity contribution in [3.63, 3.8) is 0 Å². The Balaban J connectivity index is 1.07. The number of amides is 2. The van der Waals surface area contributed by atoms with Gasteiger partial charge in [-0.05, 0) is 84.7 Å². The Bertz CT molecular complexity index is 1010. The Morgan fingerprint density at radius 1 is 0.562 bits per heavy atom. The van der Waals surface area contributed by atoms with Crippen molar-refractivity contribution in [1.82, 2.24) is 0 Å². The first kappa shape index (κ1) is 19.5. The Labute approximate surface area is 188 Å². The molecule has 2 aromatic carbocycles. The first-order chi connectivity index (χ1) is 15.6. The van der Waals surface area contributed by atoms with Crippen LogP contribution in [0, 0.1) is 35.5 Å². The van der Waals surface area contributed by atoms with Crippen LogP contribution in [0.1, 0.15) is 25.7 Å². The van der Waals surface area contributed by atoms with Crippen molar-refractivity contribution in [2.45, 2.75) is 25.7 Å². The monoisotopic (exact) mass is 424 g/mol. The number of hydrogen-bond donors (Lipinski definition) is 2. The molecule has 0 aliphatic heterocycles. The molecule has 4 heteroatoms. The van der Waals surface area contributed by atoms with Crippen molar-refractivity contribution < 1.29 is 9.59 Å². The second kappa shape index (κ2) is 7.77. The number of carbonyl (C=O) groups excluding carboxylic acids is 2. The molecule has 0 heterocycles. The minimum atomic E-state index is 0.114. The summed E-state index contributed by atoms with van der Waals surface area (Å²) in [6, 6.07) is 16.0. The fourth-order valence-electron chi connectivity index (χ4n) is 6.13. The summed E-state index contributed by atoms with van der Waals surface area (Å²) in [6.07, 6.45) is 13.2. The van der Waals surface area contributed by atoms with Crippen LogP contribution >= 0.6 is 0 Å². The maximum absolute atomic E-state index is 12.6. The smallest absolute Gasteiger partial charge is 0.228 e. The summed E-state index contributed by atoms with van der Waals surface area (Å²) in [5.74, 6) is 2.52. The van der Waals surface area contributed by atoms with E-state index in [0.29, 0.717) is 23.7 Å². The van der Waals surface area contributed by atoms with Gasteiger partial charge < -0.3 is 10.6 Å². The predicted octanol–water partition coefficient (Wildman–Crippen LogP) is 5.66. The van der Waals surface area contributed by atoms with Crippen LogP contribution in [0.5, 0.6) is 0 Å². The molecule has 4 aliphatic carbocycles. The summed E-state index contributed by atoms with van der Waals surface area (Å²) in [7, 11) is 0. The number of fused-ring (bicyclic) bond motifs is 4. The maximum atomic E-state index is 12.6. The number of benzene rings is 2. The topological polar surface area (TPSA) is 58.2 Å². The predicted molar refractivity (Wildman–Crippen MR) is 127 cm³/mol. The third-order valence-electron chi connectivity index (χ3n) is 7.87. The quantitative estimate of drug-likeness (QED) is 0.609. The van der Waals surface area contributed by atoms with Crippen molar-refractivity contribution in [1.29, 1.82) is 0 Å². The van der Waals surface area contributed by atoms with Crippen molar-refractivity contribution in [3.8, 4) is 11.1 Å². The van der Waals surface area contributed by atoms with E-state index in [-0.39, 0.29) is 23.7 Å². The first-order valence-corrected chi connectivity index (χ1v) is 11.8. The van der Waals surface area contributed by atoms with Crippen LogP contribution in [-0.4, -0.2) is 11.8 Å². The number of hydrogen-bond acceptors (Lipinski definition) is 2. The molecule has 0 aromatic heterocycles. The van der Waals surface area contributed by atoms with Gasteiger partial charge in [0.2, 0.25) is 11.8 Å². The van der Waals surface area contributed by atoms with E-state index >= 15 is 0 Å². The third-order valence-corrected chi connectivity index (χ3v) is 7.87. The van der Waals surface area contributed by atoms with E-state index in [2.05, 4.69) is 34.9 Å². The Morgan fingerprint density at radius 3 is 1.28 bits per heavy atom. The second-order valence-electron chi connectivity index (χ2n) is 9.91. The number of carbonyl (C=O) groups is 2. The summed E-state index contributed by atoms with van der Waals surface area (Å²) >= 11 is 0. The maximum Gasteiger partial charge on any atom is 0.228 e. The van der Waals surface area contributed by atoms with Gasteiger partial charge in [0.05, 0.1) is 0 Å². The van der Waals surface area contributed by atoms with Gasteiger partial charge in [-0.3, -0.25) is 9.59 Å². The molecule has 0 saturated heterocycles. The third kappa shape index (κ3) is 3.58. The van der Waals surface area contributed by atoms with Gasteiger partial charge in [-0.15, -0.1) is 0 Å². The van der Waals surface area contributed by atoms with Crippen LogP contribution in [0.4, 0.5) is 11.4 Å². The lowest BCUT2D eigenvalue weighted by Crippen LogP contribution is -2.25. The molecule has 0 spiro atoms. The summed E-state index contributed by atoms with van der Waals surface area (Å²) in [5.41, 5.74) is 3.85. The molecule has 162 valence electrons. The molecule has 0 radical (unpaired) electrons. The zero-order valence-corrected chi connectivity index (χ0v) is 18.0. The summed E-state index contributed by atoms with van der Waals surface area (Å²) < 4.78 is 0. The highest BCUT2D eigenvalue weighted by Gasteiger charge is 2.40. The Morgan fingerprint density at radius 2 is 0.969 bits per heavy atom. The molecule has 6 atom stereocenters. The molecule has 2 aromatic rings. The highest BCUT2D eigenvalue weighted by Crippen LogP contribution is 2.44. The van der Waals surface area contributed by atoms with E-state index in [9.17, 15) is 9.59 Å². The summed E-state index contributed by atoms with van der Waals surface area (Å²) in [6.45, 7) is 0. The lowest BCUT2D eigenvalue weighted by Gasteiger charge is -2.18. The minimum absolute atomic E-state index is 0.114. The van der Waals surface area contributed by atoms with Gasteiger partial charge in [-0.25, -0.2) is 0 Å². The minimum Gasteiger partial charge on any atom is -0.326 e. The molecule has 2 saturated carbocycles. The van der Waals surface area contributed by atoms with Crippen LogP contribution in [0.2, 0.25) is 0 Å². The molecule has 4 aliphatic rings. The lowest BCUT2D eigenvalue weighted by atomic mass is 9.92. The van der Waals surface area contributed by atoms with Gasteiger partial charge in [-0.2, -0.15) is 0 Å². The number of anilines is 2. The number of nitrogens with one attached hydrogen (secondary N) is 2.